The molecule has 0 aliphatic heterocycles. The van der Waals surface area contributed by atoms with Gasteiger partial charge in [0.05, 0.1) is 0 Å². The summed E-state index contributed by atoms with van der Waals surface area (Å²) < 4.78 is 0. The van der Waals surface area contributed by atoms with Crippen molar-refractivity contribution in [2.75, 3.05) is 0 Å². The van der Waals surface area contributed by atoms with E-state index >= 15 is 0 Å². The van der Waals surface area contributed by atoms with Gasteiger partial charge in [-0.2, -0.15) is 0 Å². The molecule has 0 atom stereocenters. The molecule has 0 unspecified atom stereocenters. The Hall–Kier alpha value is -1.38. The number of amidine groups is 1. The van der Waals surface area contributed by atoms with Crippen LogP contribution in [0.4, 0.5) is 0 Å². The number of allylic oxidation sites excluding steroid dienone is 3. The van der Waals surface area contributed by atoms with Gasteiger partial charge in [0, 0.05) is 0 Å². The summed E-state index contributed by atoms with van der Waals surface area (Å²) in [5.74, 6) is -0.0619. The molecular formula is C7H11N3. The van der Waals surface area contributed by atoms with Crippen LogP contribution in [0, 0.1) is 5.41 Å². The molecule has 54 valence electrons. The molecule has 0 bridgehead atoms. The van der Waals surface area contributed by atoms with E-state index in [0.29, 0.717) is 5.70 Å². The predicted molar refractivity (Wildman–Crippen MR) is 44.4 cm³/mol. The molecule has 0 spiro atoms. The average Bonchev–Trinajstić information content (AvgIpc) is 1.89. The molecule has 0 saturated carbocycles. The number of nitrogens with two attached hydrogens (primary N) is 1. The fourth-order valence-electron chi connectivity index (χ4n) is 0.415. The van der Waals surface area contributed by atoms with Crippen LogP contribution in [0.2, 0.25) is 0 Å². The summed E-state index contributed by atoms with van der Waals surface area (Å²) in [6.07, 6.45) is 5.22. The molecule has 0 saturated heterocycles. The highest BCUT2D eigenvalue weighted by Gasteiger charge is 1.91. The van der Waals surface area contributed by atoms with Gasteiger partial charge in [-0.3, -0.25) is 10.4 Å². The van der Waals surface area contributed by atoms with Crippen LogP contribution >= 0.6 is 0 Å². The highest BCUT2D eigenvalue weighted by atomic mass is 14.8. The molecule has 0 heterocycles. The maximum Gasteiger partial charge on any atom is 0.141 e. The maximum absolute atomic E-state index is 6.97. The van der Waals surface area contributed by atoms with Crippen LogP contribution in [-0.4, -0.2) is 12.6 Å². The number of aliphatic imine (C=N–C) groups is 1. The van der Waals surface area contributed by atoms with Gasteiger partial charge in [-0.25, -0.2) is 0 Å². The summed E-state index contributed by atoms with van der Waals surface area (Å²) in [4.78, 5) is 3.54. The molecule has 10 heavy (non-hydrogen) atoms. The maximum atomic E-state index is 6.97. The van der Waals surface area contributed by atoms with Crippen molar-refractivity contribution in [2.24, 2.45) is 10.7 Å². The van der Waals surface area contributed by atoms with Gasteiger partial charge in [0.1, 0.15) is 11.5 Å². The fraction of sp³-hybridized carbons (Fsp3) is 0.143. The van der Waals surface area contributed by atoms with Crippen molar-refractivity contribution in [1.29, 1.82) is 5.41 Å². The second kappa shape index (κ2) is 4.49. The van der Waals surface area contributed by atoms with Crippen LogP contribution in [0.5, 0.6) is 0 Å². The van der Waals surface area contributed by atoms with Gasteiger partial charge in [-0.05, 0) is 19.7 Å². The normalized spacial score (nSPS) is 11.9. The molecule has 3 nitrogen and oxygen atoms in total. The third kappa shape index (κ3) is 2.81. The van der Waals surface area contributed by atoms with Crippen molar-refractivity contribution in [3.63, 3.8) is 0 Å². The highest BCUT2D eigenvalue weighted by Crippen LogP contribution is 1.93. The Balaban J connectivity index is 4.33. The zero-order valence-electron chi connectivity index (χ0n) is 5.96. The van der Waals surface area contributed by atoms with Gasteiger partial charge in [0.15, 0.2) is 0 Å². The van der Waals surface area contributed by atoms with Crippen LogP contribution in [-0.2, 0) is 0 Å². The molecule has 0 aliphatic carbocycles. The van der Waals surface area contributed by atoms with Gasteiger partial charge in [0.25, 0.3) is 0 Å². The van der Waals surface area contributed by atoms with E-state index in [1.807, 2.05) is 13.0 Å². The molecule has 0 aromatic heterocycles. The Labute approximate surface area is 60.5 Å². The van der Waals surface area contributed by atoms with Gasteiger partial charge in [-0.15, -0.1) is 0 Å². The van der Waals surface area contributed by atoms with Crippen molar-refractivity contribution >= 4 is 12.6 Å². The van der Waals surface area contributed by atoms with Crippen LogP contribution in [0.1, 0.15) is 6.92 Å². The minimum absolute atomic E-state index is 0.0619. The molecule has 0 aliphatic rings. The van der Waals surface area contributed by atoms with E-state index in [9.17, 15) is 0 Å². The Bertz CT molecular complexity index is 189. The average molecular weight is 137 g/mol. The first-order valence-electron chi connectivity index (χ1n) is 2.86. The second-order valence-corrected chi connectivity index (χ2v) is 1.65. The van der Waals surface area contributed by atoms with Gasteiger partial charge >= 0.3 is 0 Å². The van der Waals surface area contributed by atoms with Crippen LogP contribution in [0.3, 0.4) is 0 Å². The van der Waals surface area contributed by atoms with Crippen molar-refractivity contribution < 1.29 is 0 Å². The number of hydrogen-bond acceptors (Lipinski definition) is 2. The summed E-state index contributed by atoms with van der Waals surface area (Å²) in [7, 11) is 0. The zero-order chi connectivity index (χ0) is 7.98. The first kappa shape index (κ1) is 8.62. The number of nitrogens with one attached hydrogen (secondary N) is 1. The lowest BCUT2D eigenvalue weighted by Crippen LogP contribution is -2.10. The molecule has 0 amide bonds. The molecule has 0 aromatic carbocycles. The minimum atomic E-state index is -0.0619. The summed E-state index contributed by atoms with van der Waals surface area (Å²) in [6.45, 7) is 5.13. The van der Waals surface area contributed by atoms with Crippen LogP contribution in [0.15, 0.2) is 28.9 Å². The lowest BCUT2D eigenvalue weighted by atomic mass is 10.3. The SMILES string of the molecule is C=N/C(=C\C=C/C)C(=N)N. The predicted octanol–water partition coefficient (Wildman–Crippen LogP) is 1.08. The monoisotopic (exact) mass is 137 g/mol. The Morgan fingerprint density at radius 3 is 2.60 bits per heavy atom. The van der Waals surface area contributed by atoms with E-state index in [1.54, 1.807) is 12.2 Å². The Kier molecular flexibility index (Phi) is 3.87. The minimum Gasteiger partial charge on any atom is -0.382 e. The molecule has 3 N–H and O–H groups in total. The third-order valence-electron chi connectivity index (χ3n) is 0.893. The van der Waals surface area contributed by atoms with Gasteiger partial charge < -0.3 is 5.73 Å². The van der Waals surface area contributed by atoms with Crippen molar-refractivity contribution in [1.82, 2.24) is 0 Å². The molecule has 0 fully saturated rings. The lowest BCUT2D eigenvalue weighted by Gasteiger charge is -1.92. The van der Waals surface area contributed by atoms with Gasteiger partial charge in [0.2, 0.25) is 0 Å². The smallest absolute Gasteiger partial charge is 0.141 e. The first-order chi connectivity index (χ1) is 4.72. The third-order valence-corrected chi connectivity index (χ3v) is 0.893. The fourth-order valence-corrected chi connectivity index (χ4v) is 0.415. The largest absolute Gasteiger partial charge is 0.382 e. The van der Waals surface area contributed by atoms with E-state index in [1.165, 1.54) is 0 Å². The van der Waals surface area contributed by atoms with E-state index in [-0.39, 0.29) is 5.84 Å². The van der Waals surface area contributed by atoms with E-state index in [2.05, 4.69) is 11.7 Å². The van der Waals surface area contributed by atoms with Gasteiger partial charge in [-0.1, -0.05) is 12.2 Å². The van der Waals surface area contributed by atoms with Crippen LogP contribution < -0.4 is 5.73 Å². The Morgan fingerprint density at radius 1 is 1.70 bits per heavy atom. The highest BCUT2D eigenvalue weighted by molar-refractivity contribution is 5.94. The number of hydrogen-bond donors (Lipinski definition) is 2. The van der Waals surface area contributed by atoms with E-state index in [4.69, 9.17) is 11.1 Å². The van der Waals surface area contributed by atoms with Crippen LogP contribution in [0.25, 0.3) is 0 Å². The van der Waals surface area contributed by atoms with Crippen molar-refractivity contribution in [2.45, 2.75) is 6.92 Å². The quantitative estimate of drug-likeness (QED) is 0.341. The first-order valence-corrected chi connectivity index (χ1v) is 2.86. The zero-order valence-corrected chi connectivity index (χ0v) is 5.96. The molecule has 0 aromatic rings. The van der Waals surface area contributed by atoms with E-state index in [0.717, 1.165) is 0 Å². The van der Waals surface area contributed by atoms with Crippen molar-refractivity contribution in [3.05, 3.63) is 23.9 Å². The van der Waals surface area contributed by atoms with Crippen molar-refractivity contribution in [3.8, 4) is 0 Å². The molecule has 0 radical (unpaired) electrons. The Morgan fingerprint density at radius 2 is 2.30 bits per heavy atom. The molecular weight excluding hydrogens is 126 g/mol. The standard InChI is InChI=1S/C7H11N3/c1-3-4-5-6(10-2)7(8)9/h3-5H,2H2,1H3,(H3,8,9)/b4-3-,6-5-. The summed E-state index contributed by atoms with van der Waals surface area (Å²) in [6, 6.07) is 0. The van der Waals surface area contributed by atoms with E-state index < -0.39 is 0 Å². The second-order valence-electron chi connectivity index (χ2n) is 1.65. The lowest BCUT2D eigenvalue weighted by molar-refractivity contribution is 1.36. The topological polar surface area (TPSA) is 62.2 Å². The summed E-state index contributed by atoms with van der Waals surface area (Å²) >= 11 is 0. The summed E-state index contributed by atoms with van der Waals surface area (Å²) in [5, 5.41) is 6.97. The summed E-state index contributed by atoms with van der Waals surface area (Å²) in [5.41, 5.74) is 5.54. The molecule has 3 heteroatoms. The number of nitrogens with zero attached hydrogens (tertiary/aromatic N) is 1. The molecule has 0 rings (SSSR count). The number of rotatable bonds is 3.